The minimum atomic E-state index is -0.465. The van der Waals surface area contributed by atoms with Crippen molar-refractivity contribution in [2.75, 3.05) is 18.5 Å². The summed E-state index contributed by atoms with van der Waals surface area (Å²) in [5.74, 6) is -0.192. The van der Waals surface area contributed by atoms with Crippen LogP contribution in [0.4, 0.5) is 5.69 Å². The number of halogens is 1. The smallest absolute Gasteiger partial charge is 0.262 e. The van der Waals surface area contributed by atoms with Crippen molar-refractivity contribution in [2.24, 2.45) is 10.8 Å². The second-order valence-electron chi connectivity index (χ2n) is 13.1. The fraction of sp³-hybridized carbons (Fsp3) is 0.441. The van der Waals surface area contributed by atoms with E-state index in [0.717, 1.165) is 53.9 Å². The Kier molecular flexibility index (Phi) is 7.90. The Morgan fingerprint density at radius 3 is 2.05 bits per heavy atom. The van der Waals surface area contributed by atoms with Crippen molar-refractivity contribution in [2.45, 2.75) is 72.6 Å². The molecule has 1 heterocycles. The summed E-state index contributed by atoms with van der Waals surface area (Å²) in [6.45, 7) is 11.3. The summed E-state index contributed by atoms with van der Waals surface area (Å²) in [5.41, 5.74) is 4.74. The first-order valence-electron chi connectivity index (χ1n) is 14.5. The van der Waals surface area contributed by atoms with Crippen molar-refractivity contribution in [3.05, 3.63) is 81.7 Å². The highest BCUT2D eigenvalue weighted by Gasteiger charge is 2.48. The molecule has 0 spiro atoms. The molecule has 2 aromatic carbocycles. The van der Waals surface area contributed by atoms with Crippen molar-refractivity contribution < 1.29 is 19.1 Å². The number of anilines is 1. The normalized spacial score (nSPS) is 20.1. The number of Topliss-reactive ketones (excluding diaryl/α,β-unsaturated/α-hetero) is 2. The minimum Gasteiger partial charge on any atom is -0.482 e. The van der Waals surface area contributed by atoms with Crippen LogP contribution in [0.3, 0.4) is 0 Å². The van der Waals surface area contributed by atoms with Crippen LogP contribution in [0, 0.1) is 10.8 Å². The quantitative estimate of drug-likeness (QED) is 0.371. The average Bonchev–Trinajstić information content (AvgIpc) is 2.88. The van der Waals surface area contributed by atoms with Gasteiger partial charge in [-0.15, -0.1) is 0 Å². The fourth-order valence-electron chi connectivity index (χ4n) is 6.55. The van der Waals surface area contributed by atoms with E-state index in [1.54, 1.807) is 24.3 Å². The molecule has 7 heteroatoms. The maximum atomic E-state index is 13.8. The van der Waals surface area contributed by atoms with E-state index in [-0.39, 0.29) is 34.9 Å². The lowest BCUT2D eigenvalue weighted by molar-refractivity contribution is -0.120. The van der Waals surface area contributed by atoms with E-state index in [9.17, 15) is 14.4 Å². The van der Waals surface area contributed by atoms with Crippen molar-refractivity contribution in [3.8, 4) is 5.75 Å². The molecular formula is C34H39ClN2O4. The van der Waals surface area contributed by atoms with Crippen molar-refractivity contribution in [1.82, 2.24) is 4.90 Å². The summed E-state index contributed by atoms with van der Waals surface area (Å²) in [6.07, 6.45) is 3.35. The van der Waals surface area contributed by atoms with E-state index in [1.807, 2.05) is 24.3 Å². The number of hydrogen-bond acceptors (Lipinski definition) is 5. The van der Waals surface area contributed by atoms with Crippen LogP contribution in [0.1, 0.15) is 78.2 Å². The lowest BCUT2D eigenvalue weighted by atomic mass is 9.63. The van der Waals surface area contributed by atoms with Gasteiger partial charge in [-0.1, -0.05) is 70.5 Å². The number of ether oxygens (including phenoxy) is 1. The molecule has 6 nitrogen and oxygen atoms in total. The maximum Gasteiger partial charge on any atom is 0.262 e. The van der Waals surface area contributed by atoms with Gasteiger partial charge >= 0.3 is 0 Å². The summed E-state index contributed by atoms with van der Waals surface area (Å²) in [6, 6.07) is 14.6. The maximum absolute atomic E-state index is 13.8. The molecule has 216 valence electrons. The highest BCUT2D eigenvalue weighted by molar-refractivity contribution is 6.32. The lowest BCUT2D eigenvalue weighted by Crippen LogP contribution is -2.44. The van der Waals surface area contributed by atoms with E-state index < -0.39 is 5.92 Å². The number of hydrogen-bond donors (Lipinski definition) is 1. The first kappa shape index (κ1) is 29.1. The molecule has 41 heavy (non-hydrogen) atoms. The van der Waals surface area contributed by atoms with Crippen molar-refractivity contribution in [3.63, 3.8) is 0 Å². The van der Waals surface area contributed by atoms with Gasteiger partial charge in [0.25, 0.3) is 5.91 Å². The van der Waals surface area contributed by atoms with Crippen LogP contribution in [0.15, 0.2) is 71.1 Å². The Labute approximate surface area is 247 Å². The first-order valence-corrected chi connectivity index (χ1v) is 14.8. The van der Waals surface area contributed by atoms with Crippen LogP contribution in [0.25, 0.3) is 0 Å². The van der Waals surface area contributed by atoms with E-state index in [0.29, 0.717) is 29.3 Å². The predicted molar refractivity (Wildman–Crippen MR) is 162 cm³/mol. The lowest BCUT2D eigenvalue weighted by Gasteiger charge is -2.49. The second kappa shape index (κ2) is 11.1. The van der Waals surface area contributed by atoms with Gasteiger partial charge in [-0.25, -0.2) is 0 Å². The fourth-order valence-corrected chi connectivity index (χ4v) is 6.79. The van der Waals surface area contributed by atoms with Gasteiger partial charge in [-0.2, -0.15) is 0 Å². The van der Waals surface area contributed by atoms with Gasteiger partial charge < -0.3 is 15.0 Å². The highest BCUT2D eigenvalue weighted by Crippen LogP contribution is 2.54. The molecule has 1 aliphatic heterocycles. The minimum absolute atomic E-state index is 0.0977. The van der Waals surface area contributed by atoms with Gasteiger partial charge in [0, 0.05) is 53.5 Å². The zero-order valence-corrected chi connectivity index (χ0v) is 25.4. The number of allylic oxidation sites excluding steroid dienone is 4. The number of ketones is 2. The first-order chi connectivity index (χ1) is 19.4. The SMILES string of the molecule is CCCN1C2=C(C(=O)CC(C)(C)C2)C(c2ccc(OCC(=O)Nc3ccccc3)c(Cl)c2)C2=C1CC(C)(C)CC2=O. The van der Waals surface area contributed by atoms with Gasteiger partial charge in [-0.3, -0.25) is 14.4 Å². The summed E-state index contributed by atoms with van der Waals surface area (Å²) in [4.78, 5) is 42.4. The van der Waals surface area contributed by atoms with Crippen molar-refractivity contribution in [1.29, 1.82) is 0 Å². The van der Waals surface area contributed by atoms with Gasteiger partial charge in [0.1, 0.15) is 5.75 Å². The van der Waals surface area contributed by atoms with E-state index in [1.165, 1.54) is 0 Å². The standard InChI is InChI=1S/C34H39ClN2O4/c1-6-14-37-24-16-33(2,3)18-26(38)31(24)30(32-25(37)17-34(4,5)19-27(32)39)21-12-13-28(23(35)15-21)41-20-29(40)36-22-10-8-7-9-11-22/h7-13,15,30H,6,14,16-20H2,1-5H3,(H,36,40). The number of para-hydroxylation sites is 1. The number of benzene rings is 2. The van der Waals surface area contributed by atoms with Crippen LogP contribution in [0.2, 0.25) is 5.02 Å². The van der Waals surface area contributed by atoms with Crippen LogP contribution >= 0.6 is 11.6 Å². The molecule has 0 bridgehead atoms. The number of nitrogens with one attached hydrogen (secondary N) is 1. The third-order valence-corrected chi connectivity index (χ3v) is 8.47. The topological polar surface area (TPSA) is 75.7 Å². The summed E-state index contributed by atoms with van der Waals surface area (Å²) < 4.78 is 5.76. The predicted octanol–water partition coefficient (Wildman–Crippen LogP) is 7.45. The van der Waals surface area contributed by atoms with Crippen LogP contribution < -0.4 is 10.1 Å². The Morgan fingerprint density at radius 1 is 0.927 bits per heavy atom. The molecule has 0 atom stereocenters. The van der Waals surface area contributed by atoms with E-state index in [2.05, 4.69) is 44.8 Å². The number of rotatable bonds is 7. The number of carbonyl (C=O) groups is 3. The zero-order valence-electron chi connectivity index (χ0n) is 24.6. The Morgan fingerprint density at radius 2 is 1.51 bits per heavy atom. The zero-order chi connectivity index (χ0) is 29.5. The molecule has 2 aliphatic carbocycles. The number of amides is 1. The van der Waals surface area contributed by atoms with Crippen molar-refractivity contribution >= 4 is 34.8 Å². The summed E-state index contributed by atoms with van der Waals surface area (Å²) in [5, 5.41) is 3.13. The molecule has 0 saturated carbocycles. The number of carbonyl (C=O) groups excluding carboxylic acids is 3. The molecule has 0 saturated heterocycles. The highest BCUT2D eigenvalue weighted by atomic mass is 35.5. The molecule has 2 aromatic rings. The van der Waals surface area contributed by atoms with E-state index >= 15 is 0 Å². The number of nitrogens with zero attached hydrogens (tertiary/aromatic N) is 1. The Balaban J connectivity index is 1.51. The Bertz CT molecular complexity index is 1400. The third kappa shape index (κ3) is 5.99. The Hall–Kier alpha value is -3.38. The molecule has 5 rings (SSSR count). The molecular weight excluding hydrogens is 536 g/mol. The van der Waals surface area contributed by atoms with Crippen LogP contribution in [-0.2, 0) is 14.4 Å². The summed E-state index contributed by atoms with van der Waals surface area (Å²) >= 11 is 6.72. The van der Waals surface area contributed by atoms with E-state index in [4.69, 9.17) is 16.3 Å². The molecule has 0 radical (unpaired) electrons. The summed E-state index contributed by atoms with van der Waals surface area (Å²) in [7, 11) is 0. The molecule has 0 unspecified atom stereocenters. The second-order valence-corrected chi connectivity index (χ2v) is 13.5. The monoisotopic (exact) mass is 574 g/mol. The molecule has 1 N–H and O–H groups in total. The van der Waals surface area contributed by atoms with Gasteiger partial charge in [0.05, 0.1) is 5.02 Å². The van der Waals surface area contributed by atoms with Gasteiger partial charge in [-0.05, 0) is 59.9 Å². The molecule has 3 aliphatic rings. The average molecular weight is 575 g/mol. The van der Waals surface area contributed by atoms with Crippen LogP contribution in [-0.4, -0.2) is 35.5 Å². The third-order valence-electron chi connectivity index (χ3n) is 8.17. The molecule has 1 amide bonds. The van der Waals surface area contributed by atoms with Gasteiger partial charge in [0.15, 0.2) is 18.2 Å². The van der Waals surface area contributed by atoms with Gasteiger partial charge in [0.2, 0.25) is 0 Å². The van der Waals surface area contributed by atoms with Crippen LogP contribution in [0.5, 0.6) is 5.75 Å². The molecule has 0 fully saturated rings. The largest absolute Gasteiger partial charge is 0.482 e. The molecule has 0 aromatic heterocycles.